The Morgan fingerprint density at radius 2 is 0.957 bits per heavy atom. The Morgan fingerprint density at radius 1 is 0.553 bits per heavy atom. The van der Waals surface area contributed by atoms with E-state index in [0.29, 0.717) is 0 Å². The second-order valence-electron chi connectivity index (χ2n) is 25.1. The highest BCUT2D eigenvalue weighted by Gasteiger charge is 2.46. The third-order valence-electron chi connectivity index (χ3n) is 15.6. The minimum Gasteiger partial charge on any atom is -0.391 e. The predicted octanol–water partition coefficient (Wildman–Crippen LogP) is 3.16. The molecule has 7 amide bonds. The number of hydrogen-bond donors (Lipinski definition) is 7. The Bertz CT molecular complexity index is 3370. The highest BCUT2D eigenvalue weighted by Crippen LogP contribution is 2.31. The Balaban J connectivity index is 0.693. The third kappa shape index (κ3) is 22.4. The van der Waals surface area contributed by atoms with Gasteiger partial charge < -0.3 is 79.6 Å². The molecule has 2 saturated heterocycles. The monoisotopic (exact) mass is 1340 g/mol. The zero-order valence-corrected chi connectivity index (χ0v) is 56.4. The first-order valence-electron chi connectivity index (χ1n) is 31.4. The van der Waals surface area contributed by atoms with Gasteiger partial charge in [0.05, 0.1) is 116 Å². The van der Waals surface area contributed by atoms with Crippen molar-refractivity contribution in [3.05, 3.63) is 116 Å². The first-order valence-corrected chi connectivity index (χ1v) is 33.2. The van der Waals surface area contributed by atoms with Crippen LogP contribution in [0.3, 0.4) is 0 Å². The second-order valence-corrected chi connectivity index (χ2v) is 26.9. The number of nitrogens with zero attached hydrogens (tertiary/aromatic N) is 5. The number of amides is 7. The molecule has 512 valence electrons. The van der Waals surface area contributed by atoms with Crippen molar-refractivity contribution in [2.24, 2.45) is 10.8 Å². The first-order chi connectivity index (χ1) is 44.9. The Morgan fingerprint density at radius 3 is 1.36 bits per heavy atom. The number of aryl methyl sites for hydroxylation is 2. The van der Waals surface area contributed by atoms with E-state index < -0.39 is 88.6 Å². The number of aromatic nitrogens is 3. The molecular formula is C66H90N10O16S2. The summed E-state index contributed by atoms with van der Waals surface area (Å²) in [7, 11) is 0. The molecule has 7 rings (SSSR count). The van der Waals surface area contributed by atoms with Gasteiger partial charge in [0.15, 0.2) is 0 Å². The lowest BCUT2D eigenvalue weighted by Crippen LogP contribution is -2.58. The van der Waals surface area contributed by atoms with Gasteiger partial charge in [0.1, 0.15) is 37.4 Å². The summed E-state index contributed by atoms with van der Waals surface area (Å²) in [5, 5.41) is 35.3. The fraction of sp³-hybridized carbons (Fsp3) is 0.545. The van der Waals surface area contributed by atoms with E-state index in [-0.39, 0.29) is 143 Å². The van der Waals surface area contributed by atoms with Gasteiger partial charge in [0, 0.05) is 64.4 Å². The maximum Gasteiger partial charge on any atom is 0.252 e. The summed E-state index contributed by atoms with van der Waals surface area (Å²) in [6.07, 6.45) is -0.243. The summed E-state index contributed by atoms with van der Waals surface area (Å²) in [6.45, 7) is 16.3. The van der Waals surface area contributed by atoms with Crippen LogP contribution in [0.4, 0.5) is 0 Å². The molecule has 2 aliphatic rings. The van der Waals surface area contributed by atoms with Crippen LogP contribution in [0.25, 0.3) is 20.9 Å². The van der Waals surface area contributed by atoms with E-state index in [4.69, 9.17) is 28.4 Å². The summed E-state index contributed by atoms with van der Waals surface area (Å²) < 4.78 is 34.7. The number of carbonyl (C=O) groups excluding carboxylic acids is 7. The van der Waals surface area contributed by atoms with Crippen LogP contribution >= 0.6 is 22.7 Å². The molecule has 0 bridgehead atoms. The first kappa shape index (κ1) is 74.0. The average molecular weight is 1340 g/mol. The average Bonchev–Trinajstić information content (AvgIpc) is 1.60. The Kier molecular flexibility index (Phi) is 28.3. The van der Waals surface area contributed by atoms with E-state index in [1.807, 2.05) is 62.4 Å². The smallest absolute Gasteiger partial charge is 0.252 e. The van der Waals surface area contributed by atoms with E-state index in [9.17, 15) is 48.6 Å². The minimum atomic E-state index is -1.02. The number of nitrogens with one attached hydrogen (secondary N) is 5. The summed E-state index contributed by atoms with van der Waals surface area (Å²) in [5.41, 5.74) is 7.74. The number of likely N-dealkylation sites (tertiary alicyclic amines) is 2. The SMILES string of the molecule is Cc1ncsc1-c1ccc(CNC(=O)[C@@H]2C[C@@H](O)CN2C(=O)[C@@H](NC(=O)COCCOCCOCCNC(=O)c2ccc(=O)n(CCOCCOCCOCC(=O)N[C@H](C(=O)N3C[C@H](O)C[C@H]3C(=O)NCc3ccc(-c4scnc4C)cc3)C(C)(C)C)c2)C(C)(C)C)cc1. The number of aliphatic hydroxyl groups excluding tert-OH is 2. The van der Waals surface area contributed by atoms with Crippen molar-refractivity contribution in [3.8, 4) is 20.9 Å². The lowest BCUT2D eigenvalue weighted by Gasteiger charge is -2.35. The van der Waals surface area contributed by atoms with E-state index in [1.54, 1.807) is 75.2 Å². The maximum absolute atomic E-state index is 14.0. The highest BCUT2D eigenvalue weighted by atomic mass is 32.1. The van der Waals surface area contributed by atoms with Crippen molar-refractivity contribution in [1.29, 1.82) is 0 Å². The van der Waals surface area contributed by atoms with Crippen molar-refractivity contribution in [3.63, 3.8) is 0 Å². The van der Waals surface area contributed by atoms with Gasteiger partial charge in [-0.15, -0.1) is 22.7 Å². The van der Waals surface area contributed by atoms with Gasteiger partial charge in [0.25, 0.3) is 11.5 Å². The molecule has 2 fully saturated rings. The summed E-state index contributed by atoms with van der Waals surface area (Å²) in [4.78, 5) is 120. The van der Waals surface area contributed by atoms with E-state index in [2.05, 4.69) is 36.6 Å². The van der Waals surface area contributed by atoms with Crippen molar-refractivity contribution in [1.82, 2.24) is 50.9 Å². The summed E-state index contributed by atoms with van der Waals surface area (Å²) in [6, 6.07) is 14.4. The standard InChI is InChI=1S/C66H90N10O16S2/c1-42-56(93-40-70-42)46-13-9-44(10-14-46)33-68-61(83)51-31-49(77)36-75(51)63(85)58(65(3,4)5)72-53(79)38-91-29-27-89-25-23-87-21-19-67-60(82)48-17-18-55(81)74(35-48)20-22-88-24-26-90-28-30-92-39-54(80)73-59(66(6,7)8)64(86)76-37-50(78)32-52(76)62(84)69-34-45-11-15-47(16-12-45)57-43(2)71-41-94-57/h9-18,35,40-41,49-52,58-59,77-78H,19-34,36-39H2,1-8H3,(H,67,82)(H,68,83)(H,69,84)(H,72,79)(H,73,80)/t49-,50-,51+,52+,58-,59-/m1/s1. The molecule has 5 aromatic rings. The van der Waals surface area contributed by atoms with Gasteiger partial charge >= 0.3 is 0 Å². The number of thiazole rings is 2. The zero-order valence-electron chi connectivity index (χ0n) is 54.8. The largest absolute Gasteiger partial charge is 0.391 e. The van der Waals surface area contributed by atoms with Gasteiger partial charge in [-0.1, -0.05) is 90.1 Å². The molecule has 2 aromatic carbocycles. The van der Waals surface area contributed by atoms with E-state index in [0.717, 1.165) is 43.4 Å². The number of carbonyl (C=O) groups is 7. The van der Waals surface area contributed by atoms with Crippen LogP contribution in [-0.2, 0) is 76.8 Å². The van der Waals surface area contributed by atoms with E-state index in [1.165, 1.54) is 32.7 Å². The molecular weight excluding hydrogens is 1250 g/mol. The topological polar surface area (TPSA) is 330 Å². The molecule has 0 saturated carbocycles. The molecule has 7 N–H and O–H groups in total. The number of pyridine rings is 1. The number of β-amino-alcohol motifs (C(OH)–C–C–N with tert-alkyl or cyclic N) is 2. The molecule has 5 heterocycles. The van der Waals surface area contributed by atoms with Crippen LogP contribution < -0.4 is 32.1 Å². The number of hydrogen-bond acceptors (Lipinski definition) is 20. The van der Waals surface area contributed by atoms with Crippen molar-refractivity contribution in [2.75, 3.05) is 98.9 Å². The lowest BCUT2D eigenvalue weighted by molar-refractivity contribution is -0.144. The zero-order chi connectivity index (χ0) is 68.0. The number of benzene rings is 2. The molecule has 0 aliphatic carbocycles. The van der Waals surface area contributed by atoms with Gasteiger partial charge in [-0.2, -0.15) is 0 Å². The fourth-order valence-electron chi connectivity index (χ4n) is 10.5. The quantitative estimate of drug-likeness (QED) is 0.0287. The predicted molar refractivity (Wildman–Crippen MR) is 351 cm³/mol. The van der Waals surface area contributed by atoms with Crippen LogP contribution in [0.2, 0.25) is 0 Å². The van der Waals surface area contributed by atoms with Gasteiger partial charge in [0.2, 0.25) is 35.4 Å². The van der Waals surface area contributed by atoms with Crippen LogP contribution in [0, 0.1) is 24.7 Å². The molecule has 26 nitrogen and oxygen atoms in total. The van der Waals surface area contributed by atoms with Crippen LogP contribution in [0.1, 0.15) is 87.3 Å². The third-order valence-corrected chi connectivity index (χ3v) is 17.6. The highest BCUT2D eigenvalue weighted by molar-refractivity contribution is 7.13. The normalized spacial score (nSPS) is 17.2. The van der Waals surface area contributed by atoms with Gasteiger partial charge in [-0.3, -0.25) is 38.4 Å². The Hall–Kier alpha value is -7.38. The number of rotatable bonds is 35. The second kappa shape index (κ2) is 35.9. The van der Waals surface area contributed by atoms with Gasteiger partial charge in [-0.05, 0) is 53.0 Å². The van der Waals surface area contributed by atoms with Crippen molar-refractivity contribution < 1.29 is 72.2 Å². The molecule has 6 atom stereocenters. The Labute approximate surface area is 555 Å². The molecule has 0 radical (unpaired) electrons. The van der Waals surface area contributed by atoms with Crippen molar-refractivity contribution in [2.45, 2.75) is 124 Å². The van der Waals surface area contributed by atoms with Gasteiger partial charge in [-0.25, -0.2) is 9.97 Å². The molecule has 0 spiro atoms. The molecule has 94 heavy (non-hydrogen) atoms. The van der Waals surface area contributed by atoms with Crippen molar-refractivity contribution >= 4 is 64.0 Å². The fourth-order valence-corrected chi connectivity index (χ4v) is 12.1. The molecule has 0 unspecified atom stereocenters. The van der Waals surface area contributed by atoms with Crippen LogP contribution in [0.15, 0.2) is 82.7 Å². The van der Waals surface area contributed by atoms with Crippen LogP contribution in [0.5, 0.6) is 0 Å². The lowest BCUT2D eigenvalue weighted by atomic mass is 9.85. The minimum absolute atomic E-state index is 0.0515. The molecule has 3 aromatic heterocycles. The molecule has 28 heteroatoms. The molecule has 2 aliphatic heterocycles. The maximum atomic E-state index is 14.0. The van der Waals surface area contributed by atoms with Crippen LogP contribution in [-0.4, -0.2) is 211 Å². The van der Waals surface area contributed by atoms with E-state index >= 15 is 0 Å². The number of aliphatic hydroxyl groups is 2. The summed E-state index contributed by atoms with van der Waals surface area (Å²) >= 11 is 3.11. The summed E-state index contributed by atoms with van der Waals surface area (Å²) in [5.74, 6) is -3.25. The number of ether oxygens (including phenoxy) is 6.